The number of aromatic amines is 1. The molecule has 2 unspecified atom stereocenters. The number of likely N-dealkylation sites (N-methyl/N-ethyl adjacent to an activating group) is 2. The summed E-state index contributed by atoms with van der Waals surface area (Å²) in [5.41, 5.74) is 20.1. The van der Waals surface area contributed by atoms with E-state index in [2.05, 4.69) is 63.1 Å². The van der Waals surface area contributed by atoms with Crippen molar-refractivity contribution in [2.75, 3.05) is 64.9 Å². The average molecular weight is 1940 g/mol. The van der Waals surface area contributed by atoms with Crippen LogP contribution in [0, 0.1) is 0 Å². The molecule has 44 heteroatoms. The van der Waals surface area contributed by atoms with Crippen molar-refractivity contribution < 1.29 is 107 Å². The first-order chi connectivity index (χ1) is 65.6. The average Bonchev–Trinajstić information content (AvgIpc) is 1.24. The van der Waals surface area contributed by atoms with Gasteiger partial charge in [-0.25, -0.2) is 0 Å². The molecule has 21 N–H and O–H groups in total. The number of aliphatic hydroxyl groups excluding tert-OH is 1. The van der Waals surface area contributed by atoms with Gasteiger partial charge in [0.1, 0.15) is 90.3 Å². The number of fused-ring (bicyclic) bond motifs is 5. The number of phenolic OH excluding ortho intramolecular Hbond substituents is 1. The van der Waals surface area contributed by atoms with Crippen molar-refractivity contribution in [2.45, 2.75) is 252 Å². The van der Waals surface area contributed by atoms with Crippen LogP contribution in [0.3, 0.4) is 0 Å². The summed E-state index contributed by atoms with van der Waals surface area (Å²) in [7, 11) is 2.64. The summed E-state index contributed by atoms with van der Waals surface area (Å²) in [5.74, 6) is -19.8. The van der Waals surface area contributed by atoms with Crippen LogP contribution in [0.4, 0.5) is 0 Å². The van der Waals surface area contributed by atoms with Crippen LogP contribution in [0.15, 0.2) is 101 Å². The largest absolute Gasteiger partial charge is 0.508 e. The van der Waals surface area contributed by atoms with Crippen molar-refractivity contribution in [3.05, 3.63) is 113 Å². The number of nitrogens with one attached hydrogen (secondary N) is 11. The van der Waals surface area contributed by atoms with Gasteiger partial charge in [-0.1, -0.05) is 94.1 Å². The van der Waals surface area contributed by atoms with Crippen LogP contribution in [0.2, 0.25) is 0 Å². The maximum Gasteiger partial charge on any atom is 0.305 e. The maximum atomic E-state index is 15.9. The molecule has 7 heterocycles. The fourth-order valence-corrected chi connectivity index (χ4v) is 19.5. The molecule has 10 rings (SSSR count). The Bertz CT molecular complexity index is 5260. The van der Waals surface area contributed by atoms with Crippen LogP contribution >= 0.6 is 23.1 Å². The van der Waals surface area contributed by atoms with Gasteiger partial charge in [0.15, 0.2) is 0 Å². The van der Waals surface area contributed by atoms with Crippen molar-refractivity contribution in [3.8, 4) is 5.75 Å². The Morgan fingerprint density at radius 1 is 0.518 bits per heavy atom. The molecular weight excluding hydrogens is 1810 g/mol. The first kappa shape index (κ1) is 106. The number of carboxylic acid groups (broad SMARTS) is 2. The second-order valence-corrected chi connectivity index (χ2v) is 37.0. The number of rotatable bonds is 27. The van der Waals surface area contributed by atoms with Gasteiger partial charge in [0.25, 0.3) is 0 Å². The number of hydrogen-bond acceptors (Lipinski definition) is 25. The predicted octanol–water partition coefficient (Wildman–Crippen LogP) is -0.628. The predicted molar refractivity (Wildman–Crippen MR) is 506 cm³/mol. The molecule has 5 aliphatic rings. The smallest absolute Gasteiger partial charge is 0.305 e. The number of H-pyrrole nitrogens is 1. The van der Waals surface area contributed by atoms with Gasteiger partial charge in [0.2, 0.25) is 94.5 Å². The van der Waals surface area contributed by atoms with Gasteiger partial charge in [-0.2, -0.15) is 0 Å². The Labute approximate surface area is 799 Å². The number of aliphatic hydroxyl groups is 1. The molecule has 2 aromatic heterocycles. The molecule has 4 saturated heterocycles. The van der Waals surface area contributed by atoms with Gasteiger partial charge in [0.05, 0.1) is 31.2 Å². The molecule has 15 atom stereocenters. The lowest BCUT2D eigenvalue weighted by molar-refractivity contribution is -0.149. The highest BCUT2D eigenvalue weighted by Gasteiger charge is 2.48. The number of unbranched alkanes of at least 4 members (excludes halogenated alkanes) is 2. The summed E-state index contributed by atoms with van der Waals surface area (Å²) in [5, 5.41) is 72.1. The number of carboxylic acids is 2. The van der Waals surface area contributed by atoms with E-state index in [0.717, 1.165) is 34.6 Å². The van der Waals surface area contributed by atoms with Crippen LogP contribution in [-0.2, 0) is 106 Å². The molecule has 0 bridgehead atoms. The van der Waals surface area contributed by atoms with E-state index in [9.17, 15) is 58.8 Å². The van der Waals surface area contributed by atoms with Crippen LogP contribution < -0.4 is 70.4 Å². The maximum absolute atomic E-state index is 15.9. The normalized spacial score (nSPS) is 25.5. The Balaban J connectivity index is 1.03. The number of aromatic hydroxyl groups is 1. The number of carbonyl (C=O) groups is 18. The number of aliphatic carboxylic acids is 2. The number of nitrogens with two attached hydrogens (primary N) is 3. The van der Waals surface area contributed by atoms with Crippen molar-refractivity contribution >= 4 is 157 Å². The molecule has 16 amide bonds. The second kappa shape index (κ2) is 51.3. The number of allylic oxidation sites excluding steroid dienone is 1. The minimum absolute atomic E-state index is 0.00986. The lowest BCUT2D eigenvalue weighted by atomic mass is 9.97. The first-order valence-corrected chi connectivity index (χ1v) is 48.5. The van der Waals surface area contributed by atoms with Crippen molar-refractivity contribution in [1.82, 2.24) is 82.7 Å². The number of aliphatic imine (C=N–C) groups is 1. The fourth-order valence-electron chi connectivity index (χ4n) is 17.7. The third kappa shape index (κ3) is 29.3. The van der Waals surface area contributed by atoms with Gasteiger partial charge >= 0.3 is 11.9 Å². The van der Waals surface area contributed by atoms with E-state index >= 15 is 47.9 Å². The third-order valence-electron chi connectivity index (χ3n) is 25.0. The molecule has 42 nitrogen and oxygen atoms in total. The zero-order valence-corrected chi connectivity index (χ0v) is 78.8. The van der Waals surface area contributed by atoms with E-state index < -0.39 is 235 Å². The summed E-state index contributed by atoms with van der Waals surface area (Å²) in [6.45, 7) is 2.09. The molecule has 4 fully saturated rings. The highest BCUT2D eigenvalue weighted by Crippen LogP contribution is 2.31. The topological polar surface area (TPSA) is 631 Å². The minimum Gasteiger partial charge on any atom is -0.508 e. The number of hydrogen-bond donors (Lipinski definition) is 18. The molecule has 0 saturated carbocycles. The number of primary amides is 1. The summed E-state index contributed by atoms with van der Waals surface area (Å²) < 4.78 is 0.821. The second-order valence-electron chi connectivity index (χ2n) is 35.1. The number of thiophene rings is 1. The number of phenols is 1. The minimum atomic E-state index is -2.02. The van der Waals surface area contributed by atoms with Gasteiger partial charge in [-0.05, 0) is 135 Å². The lowest BCUT2D eigenvalue weighted by Crippen LogP contribution is -2.61. The number of benzene rings is 3. The summed E-state index contributed by atoms with van der Waals surface area (Å²) in [6.07, 6.45) is 2.23. The van der Waals surface area contributed by atoms with Crippen LogP contribution in [0.1, 0.15) is 159 Å². The van der Waals surface area contributed by atoms with Crippen molar-refractivity contribution in [2.24, 2.45) is 22.2 Å². The number of thioether (sulfide) groups is 1. The Morgan fingerprint density at radius 2 is 1.05 bits per heavy atom. The molecule has 0 aliphatic carbocycles. The van der Waals surface area contributed by atoms with Gasteiger partial charge in [0, 0.05) is 112 Å². The molecule has 5 aliphatic heterocycles. The Morgan fingerprint density at radius 3 is 1.70 bits per heavy atom. The molecule has 742 valence electrons. The van der Waals surface area contributed by atoms with E-state index in [1.165, 1.54) is 49.7 Å². The van der Waals surface area contributed by atoms with Gasteiger partial charge < -0.3 is 120 Å². The first-order valence-electron chi connectivity index (χ1n) is 46.4. The fraction of sp³-hybridized carbons (Fsp3) is 0.538. The van der Waals surface area contributed by atoms with E-state index in [1.807, 2.05) is 30.5 Å². The number of aromatic nitrogens is 1. The number of para-hydroxylation sites is 1. The van der Waals surface area contributed by atoms with Crippen LogP contribution in [-0.4, -0.2) is 318 Å². The van der Waals surface area contributed by atoms with E-state index in [4.69, 9.17) is 17.2 Å². The number of carbonyl (C=O) groups excluding carboxylic acids is 16. The monoisotopic (exact) mass is 1940 g/mol. The summed E-state index contributed by atoms with van der Waals surface area (Å²) in [6, 6.07) is -2.27. The third-order valence-corrected chi connectivity index (χ3v) is 27.1. The van der Waals surface area contributed by atoms with Crippen LogP contribution in [0.25, 0.3) is 21.0 Å². The SMILES string of the molecule is CCCC[C@H]1C(=O)N(C)[C@@H](CCCC)C(=O)N[C@@H](CC(=O)O)C(=O)N[C@H](C(=O)NCC(N)=O)CSCC(=O)N[C@@H](Cc2ccc(O)cc2)C(=O)N2CCCCC2C(=O)N[C@@H](CC(=O)O)C(=O)N2CCC[C@H]2C(=O)N[C@@H](CC2=CCC=N2)C(=O)NC(CCCN)C(=O)N2C[C@H](O)C[C@H]2C(=O)N[C@@H](Cc2c[nH]c3ccccc23)C(=O)N[C@@H](CCCN)C(=O)N[C@@H](Cc2csc3ccccc23)C(=O)N1C. The highest BCUT2D eigenvalue weighted by molar-refractivity contribution is 8.00. The van der Waals surface area contributed by atoms with E-state index in [1.54, 1.807) is 55.7 Å². The van der Waals surface area contributed by atoms with Crippen LogP contribution in [0.5, 0.6) is 5.75 Å². The number of piperidine rings is 1. The van der Waals surface area contributed by atoms with Gasteiger partial charge in [-0.15, -0.1) is 23.1 Å². The Hall–Kier alpha value is -12.9. The molecular formula is C93H126N20O22S2. The molecule has 0 radical (unpaired) electrons. The van der Waals surface area contributed by atoms with E-state index in [0.29, 0.717) is 83.6 Å². The molecule has 0 spiro atoms. The lowest BCUT2D eigenvalue weighted by Gasteiger charge is -2.38. The Kier molecular flexibility index (Phi) is 39.7. The standard InChI is InChI=1S/C93H126N20O22S2/c1-5-7-25-70-85(127)105-65(44-78(118)119)84(126)108-69(80(122)99-47-76(96)116)50-136-51-77(117)100-66(39-52-30-32-56(114)33-31-52)91(133)111-37-14-13-27-71(111)87(129)107-68(45-79(120)121)92(134)112-38-18-28-72(112)86(128)104-64(42-55-19-17-36-97-55)83(125)102-62(24-16-35-95)90(132)113-48-57(115)43-74(113)88(130)103-63(40-53-46-98-60-22-11-9-20-58(53)60)82(124)101-61(23-15-34-94)81(123)106-67(41-54-49-137-75-29-12-10-21-59(54)75)89(131)110(4)73(26-8-6-2)93(135)109(70)3/h9-12,19-22,29-33,36,46,49,57,61-74,98,114-115H,5-8,13-18,23-28,34-35,37-45,47-48,50-51,94-95H2,1-4H3,(H2,96,116)(H,99,122)(H,100,117)(H,101,124)(H,102,125)(H,103,130)(H,104,128)(H,105,127)(H,106,123)(H,107,129)(H,108,126)(H,118,119)(H,120,121)/t57-,61+,62?,63+,64+,65+,66+,67+,68+,69+,70+,71?,72+,73+,74+/m1/s1. The van der Waals surface area contributed by atoms with Crippen molar-refractivity contribution in [3.63, 3.8) is 0 Å². The zero-order chi connectivity index (χ0) is 99.3. The van der Waals surface area contributed by atoms with E-state index in [-0.39, 0.29) is 128 Å². The van der Waals surface area contributed by atoms with Crippen molar-refractivity contribution in [1.29, 1.82) is 0 Å². The summed E-state index contributed by atoms with van der Waals surface area (Å²) >= 11 is 2.06. The number of nitrogens with zero attached hydrogens (tertiary/aromatic N) is 6. The highest BCUT2D eigenvalue weighted by atomic mass is 32.2. The molecule has 3 aromatic carbocycles. The van der Waals surface area contributed by atoms with Gasteiger partial charge in [-0.3, -0.25) is 91.3 Å². The number of amides is 16. The zero-order valence-electron chi connectivity index (χ0n) is 77.2. The summed E-state index contributed by atoms with van der Waals surface area (Å²) in [4.78, 5) is 278. The molecule has 137 heavy (non-hydrogen) atoms. The molecule has 5 aromatic rings. The quantitative estimate of drug-likeness (QED) is 0.0311.